The molecule has 0 bridgehead atoms. The van der Waals surface area contributed by atoms with Crippen LogP contribution in [0.1, 0.15) is 37.3 Å². The first-order valence-electron chi connectivity index (χ1n) is 11.6. The molecule has 0 spiro atoms. The number of aromatic nitrogens is 3. The average molecular weight is 483 g/mol. The number of benzene rings is 1. The molecule has 3 heterocycles. The molecule has 1 fully saturated rings. The number of nitrogens with zero attached hydrogens (tertiary/aromatic N) is 4. The van der Waals surface area contributed by atoms with E-state index in [1.165, 1.54) is 22.2 Å². The number of hydrogen-bond acceptors (Lipinski definition) is 7. The Balaban J connectivity index is 1.49. The summed E-state index contributed by atoms with van der Waals surface area (Å²) in [5, 5.41) is 6.54. The van der Waals surface area contributed by atoms with Gasteiger partial charge in [-0.3, -0.25) is 19.0 Å². The second-order valence-electron chi connectivity index (χ2n) is 8.77. The van der Waals surface area contributed by atoms with Crippen molar-refractivity contribution < 1.29 is 9.59 Å². The molecule has 9 nitrogen and oxygen atoms in total. The molecule has 34 heavy (non-hydrogen) atoms. The van der Waals surface area contributed by atoms with E-state index in [1.54, 1.807) is 0 Å². The predicted molar refractivity (Wildman–Crippen MR) is 134 cm³/mol. The van der Waals surface area contributed by atoms with E-state index in [0.717, 1.165) is 42.6 Å². The molecule has 4 rings (SSSR count). The minimum Gasteiger partial charge on any atom is -0.356 e. The highest BCUT2D eigenvalue weighted by atomic mass is 32.1. The summed E-state index contributed by atoms with van der Waals surface area (Å²) >= 11 is 1.27. The second kappa shape index (κ2) is 10.3. The molecular weight excluding hydrogens is 452 g/mol. The molecule has 1 aromatic carbocycles. The normalized spacial score (nSPS) is 16.0. The van der Waals surface area contributed by atoms with Gasteiger partial charge in [0.25, 0.3) is 5.56 Å². The number of anilines is 2. The monoisotopic (exact) mass is 482 g/mol. The number of piperidine rings is 1. The van der Waals surface area contributed by atoms with E-state index < -0.39 is 0 Å². The molecule has 1 aliphatic rings. The quantitative estimate of drug-likeness (QED) is 0.536. The lowest BCUT2D eigenvalue weighted by atomic mass is 9.97. The lowest BCUT2D eigenvalue weighted by molar-refractivity contribution is -0.125. The summed E-state index contributed by atoms with van der Waals surface area (Å²) in [5.74, 6) is -0.313. The van der Waals surface area contributed by atoms with Crippen molar-refractivity contribution in [1.29, 1.82) is 0 Å². The second-order valence-corrected chi connectivity index (χ2v) is 9.75. The zero-order valence-electron chi connectivity index (χ0n) is 19.8. The molecule has 2 aromatic heterocycles. The summed E-state index contributed by atoms with van der Waals surface area (Å²) in [4.78, 5) is 49.0. The SMILES string of the molecule is CCCNC(=O)C1CCCN(c2nc3ncn(CC(=O)Nc4cc(C)ccc4C)c(=O)c3s2)C1. The Hall–Kier alpha value is -3.27. The van der Waals surface area contributed by atoms with Gasteiger partial charge in [-0.1, -0.05) is 30.4 Å². The van der Waals surface area contributed by atoms with Crippen LogP contribution in [0.4, 0.5) is 10.8 Å². The molecule has 1 aliphatic heterocycles. The number of carbonyl (C=O) groups excluding carboxylic acids is 2. The molecule has 180 valence electrons. The van der Waals surface area contributed by atoms with Crippen LogP contribution in [-0.4, -0.2) is 46.0 Å². The molecule has 3 aromatic rings. The van der Waals surface area contributed by atoms with Crippen molar-refractivity contribution in [3.05, 3.63) is 46.0 Å². The Morgan fingerprint density at radius 3 is 2.88 bits per heavy atom. The lowest BCUT2D eigenvalue weighted by Crippen LogP contribution is -2.43. The maximum absolute atomic E-state index is 13.1. The number of aryl methyl sites for hydroxylation is 2. The summed E-state index contributed by atoms with van der Waals surface area (Å²) in [7, 11) is 0. The first-order chi connectivity index (χ1) is 16.4. The van der Waals surface area contributed by atoms with Crippen molar-refractivity contribution in [2.45, 2.75) is 46.6 Å². The number of rotatable bonds is 7. The molecule has 1 atom stereocenters. The Labute approximate surface area is 202 Å². The fourth-order valence-corrected chi connectivity index (χ4v) is 5.06. The molecule has 0 radical (unpaired) electrons. The molecule has 0 saturated carbocycles. The van der Waals surface area contributed by atoms with Crippen LogP contribution in [0.5, 0.6) is 0 Å². The number of fused-ring (bicyclic) bond motifs is 1. The number of thiazole rings is 1. The summed E-state index contributed by atoms with van der Waals surface area (Å²) in [6, 6.07) is 5.83. The Morgan fingerprint density at radius 1 is 1.26 bits per heavy atom. The largest absolute Gasteiger partial charge is 0.356 e. The summed E-state index contributed by atoms with van der Waals surface area (Å²) < 4.78 is 1.72. The van der Waals surface area contributed by atoms with E-state index >= 15 is 0 Å². The number of carbonyl (C=O) groups is 2. The zero-order valence-corrected chi connectivity index (χ0v) is 20.6. The Bertz CT molecular complexity index is 1270. The van der Waals surface area contributed by atoms with Crippen molar-refractivity contribution in [3.8, 4) is 0 Å². The van der Waals surface area contributed by atoms with Gasteiger partial charge in [0.15, 0.2) is 10.8 Å². The third kappa shape index (κ3) is 5.27. The van der Waals surface area contributed by atoms with Crippen LogP contribution in [0.2, 0.25) is 0 Å². The zero-order chi connectivity index (χ0) is 24.2. The van der Waals surface area contributed by atoms with Gasteiger partial charge in [0.05, 0.1) is 5.92 Å². The highest BCUT2D eigenvalue weighted by Crippen LogP contribution is 2.29. The molecule has 1 saturated heterocycles. The summed E-state index contributed by atoms with van der Waals surface area (Å²) in [5.41, 5.74) is 2.80. The third-order valence-electron chi connectivity index (χ3n) is 5.97. The van der Waals surface area contributed by atoms with Gasteiger partial charge in [-0.15, -0.1) is 0 Å². The Morgan fingerprint density at radius 2 is 2.09 bits per heavy atom. The smallest absolute Gasteiger partial charge is 0.273 e. The van der Waals surface area contributed by atoms with E-state index in [4.69, 9.17) is 0 Å². The average Bonchev–Trinajstić information content (AvgIpc) is 3.27. The first kappa shape index (κ1) is 23.9. The van der Waals surface area contributed by atoms with Crippen LogP contribution in [0.15, 0.2) is 29.3 Å². The highest BCUT2D eigenvalue weighted by Gasteiger charge is 2.27. The van der Waals surface area contributed by atoms with Gasteiger partial charge in [-0.05, 0) is 50.3 Å². The van der Waals surface area contributed by atoms with Gasteiger partial charge in [-0.25, -0.2) is 4.98 Å². The first-order valence-corrected chi connectivity index (χ1v) is 12.4. The molecule has 0 aliphatic carbocycles. The fraction of sp³-hybridized carbons (Fsp3) is 0.458. The van der Waals surface area contributed by atoms with E-state index in [2.05, 4.69) is 25.5 Å². The maximum atomic E-state index is 13.1. The number of amides is 2. The molecule has 2 N–H and O–H groups in total. The van der Waals surface area contributed by atoms with Gasteiger partial charge in [-0.2, -0.15) is 4.98 Å². The van der Waals surface area contributed by atoms with Crippen LogP contribution in [0.25, 0.3) is 10.3 Å². The van der Waals surface area contributed by atoms with Gasteiger partial charge < -0.3 is 15.5 Å². The van der Waals surface area contributed by atoms with Crippen LogP contribution in [0, 0.1) is 19.8 Å². The standard InChI is InChI=1S/C24H30N6O3S/c1-4-9-25-22(32)17-6-5-10-29(12-17)24-28-21-20(34-24)23(33)30(14-26-21)13-19(31)27-18-11-15(2)7-8-16(18)3/h7-8,11,14,17H,4-6,9-10,12-13H2,1-3H3,(H,25,32)(H,27,31). The van der Waals surface area contributed by atoms with Crippen molar-refractivity contribution in [2.75, 3.05) is 29.9 Å². The van der Waals surface area contributed by atoms with Crippen molar-refractivity contribution >= 4 is 44.3 Å². The third-order valence-corrected chi connectivity index (χ3v) is 7.06. The van der Waals surface area contributed by atoms with Gasteiger partial charge in [0.1, 0.15) is 17.6 Å². The van der Waals surface area contributed by atoms with E-state index in [0.29, 0.717) is 28.6 Å². The van der Waals surface area contributed by atoms with E-state index in [-0.39, 0.29) is 29.8 Å². The van der Waals surface area contributed by atoms with Crippen molar-refractivity contribution in [2.24, 2.45) is 5.92 Å². The van der Waals surface area contributed by atoms with E-state index in [9.17, 15) is 14.4 Å². The van der Waals surface area contributed by atoms with Crippen LogP contribution >= 0.6 is 11.3 Å². The predicted octanol–water partition coefficient (Wildman–Crippen LogP) is 2.85. The number of hydrogen-bond donors (Lipinski definition) is 2. The fourth-order valence-electron chi connectivity index (χ4n) is 4.06. The van der Waals surface area contributed by atoms with Gasteiger partial charge >= 0.3 is 0 Å². The molecule has 10 heteroatoms. The Kier molecular flexibility index (Phi) is 7.26. The molecule has 1 unspecified atom stereocenters. The molecular formula is C24H30N6O3S. The topological polar surface area (TPSA) is 109 Å². The summed E-state index contributed by atoms with van der Waals surface area (Å²) in [6.07, 6.45) is 4.00. The maximum Gasteiger partial charge on any atom is 0.273 e. The lowest BCUT2D eigenvalue weighted by Gasteiger charge is -2.31. The van der Waals surface area contributed by atoms with Crippen LogP contribution in [-0.2, 0) is 16.1 Å². The van der Waals surface area contributed by atoms with Crippen LogP contribution < -0.4 is 21.1 Å². The van der Waals surface area contributed by atoms with E-state index in [1.807, 2.05) is 39.0 Å². The van der Waals surface area contributed by atoms with Gasteiger partial charge in [0.2, 0.25) is 11.8 Å². The van der Waals surface area contributed by atoms with Gasteiger partial charge in [0, 0.05) is 25.3 Å². The minimum atomic E-state index is -0.293. The summed E-state index contributed by atoms with van der Waals surface area (Å²) in [6.45, 7) is 7.81. The minimum absolute atomic E-state index is 0.0722. The van der Waals surface area contributed by atoms with Crippen LogP contribution in [0.3, 0.4) is 0 Å². The van der Waals surface area contributed by atoms with Crippen molar-refractivity contribution in [3.63, 3.8) is 0 Å². The highest BCUT2D eigenvalue weighted by molar-refractivity contribution is 7.22. The van der Waals surface area contributed by atoms with Crippen molar-refractivity contribution in [1.82, 2.24) is 19.9 Å². The molecule has 2 amide bonds. The number of nitrogens with one attached hydrogen (secondary N) is 2.